The van der Waals surface area contributed by atoms with Gasteiger partial charge in [-0.05, 0) is 37.8 Å². The monoisotopic (exact) mass is 250 g/mol. The third-order valence-corrected chi connectivity index (χ3v) is 3.66. The lowest BCUT2D eigenvalue weighted by molar-refractivity contribution is -0.132. The number of hydrogen-bond acceptors (Lipinski definition) is 2. The fraction of sp³-hybridized carbons (Fsp3) is 0.538. The molecule has 0 spiro atoms. The van der Waals surface area contributed by atoms with Gasteiger partial charge in [0.2, 0.25) is 5.91 Å². The van der Waals surface area contributed by atoms with E-state index in [-0.39, 0.29) is 11.9 Å². The van der Waals surface area contributed by atoms with Crippen LogP contribution in [0.15, 0.2) is 12.1 Å². The standard InChI is InChI=1S/C13H18N2OS/c1-9-11(6-7-13(17)14-9)12-5-3-4-8-15(12)10(2)16/h6-7,12H,3-5,8H2,1-2H3,(H,14,17)/t12-/m0/s1. The van der Waals surface area contributed by atoms with E-state index in [2.05, 4.69) is 11.1 Å². The lowest BCUT2D eigenvalue weighted by Crippen LogP contribution is -2.37. The average molecular weight is 250 g/mol. The molecule has 1 aliphatic rings. The summed E-state index contributed by atoms with van der Waals surface area (Å²) in [6.07, 6.45) is 3.34. The Morgan fingerprint density at radius 3 is 2.88 bits per heavy atom. The van der Waals surface area contributed by atoms with Crippen LogP contribution in [0.25, 0.3) is 0 Å². The molecule has 92 valence electrons. The van der Waals surface area contributed by atoms with E-state index >= 15 is 0 Å². The number of piperidine rings is 1. The van der Waals surface area contributed by atoms with Crippen LogP contribution in [0.4, 0.5) is 0 Å². The summed E-state index contributed by atoms with van der Waals surface area (Å²) in [6, 6.07) is 4.18. The van der Waals surface area contributed by atoms with Gasteiger partial charge in [-0.1, -0.05) is 18.3 Å². The van der Waals surface area contributed by atoms with Gasteiger partial charge in [0.05, 0.1) is 6.04 Å². The number of likely N-dealkylation sites (tertiary alicyclic amines) is 1. The molecule has 0 bridgehead atoms. The molecular formula is C13H18N2OS. The number of amides is 1. The van der Waals surface area contributed by atoms with Gasteiger partial charge in [0.25, 0.3) is 0 Å². The van der Waals surface area contributed by atoms with Crippen LogP contribution in [-0.2, 0) is 4.79 Å². The van der Waals surface area contributed by atoms with Gasteiger partial charge in [0, 0.05) is 19.2 Å². The van der Waals surface area contributed by atoms with Crippen molar-refractivity contribution >= 4 is 18.1 Å². The first kappa shape index (κ1) is 12.3. The summed E-state index contributed by atoms with van der Waals surface area (Å²) in [4.78, 5) is 16.8. The van der Waals surface area contributed by atoms with Gasteiger partial charge in [0.1, 0.15) is 4.64 Å². The van der Waals surface area contributed by atoms with Crippen LogP contribution in [-0.4, -0.2) is 22.3 Å². The lowest BCUT2D eigenvalue weighted by atomic mass is 9.94. The van der Waals surface area contributed by atoms with E-state index in [4.69, 9.17) is 12.2 Å². The van der Waals surface area contributed by atoms with Crippen LogP contribution in [0.3, 0.4) is 0 Å². The van der Waals surface area contributed by atoms with Crippen molar-refractivity contribution in [1.29, 1.82) is 0 Å². The van der Waals surface area contributed by atoms with Crippen LogP contribution in [0, 0.1) is 11.6 Å². The number of nitrogens with zero attached hydrogens (tertiary/aromatic N) is 1. The quantitative estimate of drug-likeness (QED) is 0.777. The molecule has 2 rings (SSSR count). The molecule has 0 saturated carbocycles. The molecule has 1 amide bonds. The summed E-state index contributed by atoms with van der Waals surface area (Å²) in [5.74, 6) is 0.163. The Labute approximate surface area is 107 Å². The number of H-pyrrole nitrogens is 1. The Hall–Kier alpha value is -1.16. The van der Waals surface area contributed by atoms with Gasteiger partial charge < -0.3 is 9.88 Å². The van der Waals surface area contributed by atoms with E-state index in [1.807, 2.05) is 17.9 Å². The Balaban J connectivity index is 2.36. The second kappa shape index (κ2) is 5.00. The Kier molecular flexibility index (Phi) is 3.62. The predicted molar refractivity (Wildman–Crippen MR) is 70.3 cm³/mol. The molecule has 4 heteroatoms. The number of nitrogens with one attached hydrogen (secondary N) is 1. The minimum Gasteiger partial charge on any atom is -0.350 e. The van der Waals surface area contributed by atoms with Crippen LogP contribution in [0.5, 0.6) is 0 Å². The van der Waals surface area contributed by atoms with Crippen LogP contribution >= 0.6 is 12.2 Å². The minimum absolute atomic E-state index is 0.163. The van der Waals surface area contributed by atoms with Gasteiger partial charge in [-0.15, -0.1) is 0 Å². The Morgan fingerprint density at radius 1 is 1.47 bits per heavy atom. The number of hydrogen-bond donors (Lipinski definition) is 1. The smallest absolute Gasteiger partial charge is 0.219 e. The second-order valence-corrected chi connectivity index (χ2v) is 5.07. The molecule has 1 aliphatic heterocycles. The fourth-order valence-corrected chi connectivity index (χ4v) is 2.80. The van der Waals surface area contributed by atoms with Gasteiger partial charge >= 0.3 is 0 Å². The highest BCUT2D eigenvalue weighted by molar-refractivity contribution is 7.71. The summed E-state index contributed by atoms with van der Waals surface area (Å²) in [5, 5.41) is 0. The zero-order chi connectivity index (χ0) is 12.4. The minimum atomic E-state index is 0.163. The van der Waals surface area contributed by atoms with Gasteiger partial charge in [0.15, 0.2) is 0 Å². The molecule has 0 aromatic carbocycles. The molecule has 1 aromatic heterocycles. The van der Waals surface area contributed by atoms with Crippen molar-refractivity contribution in [3.05, 3.63) is 28.0 Å². The van der Waals surface area contributed by atoms with Crippen molar-refractivity contribution in [1.82, 2.24) is 9.88 Å². The molecule has 1 N–H and O–H groups in total. The van der Waals surface area contributed by atoms with Crippen molar-refractivity contribution in [3.8, 4) is 0 Å². The van der Waals surface area contributed by atoms with Crippen molar-refractivity contribution in [2.24, 2.45) is 0 Å². The largest absolute Gasteiger partial charge is 0.350 e. The molecule has 0 unspecified atom stereocenters. The molecule has 1 saturated heterocycles. The summed E-state index contributed by atoms with van der Waals surface area (Å²) in [5.41, 5.74) is 2.28. The number of rotatable bonds is 1. The fourth-order valence-electron chi connectivity index (χ4n) is 2.58. The third kappa shape index (κ3) is 2.57. The second-order valence-electron chi connectivity index (χ2n) is 4.63. The SMILES string of the molecule is CC(=O)N1CCCC[C@H]1c1ccc(=S)[nH]c1C. The normalized spacial score (nSPS) is 20.4. The average Bonchev–Trinajstić information content (AvgIpc) is 2.29. The molecule has 0 radical (unpaired) electrons. The predicted octanol–water partition coefficient (Wildman–Crippen LogP) is 3.13. The molecule has 1 aromatic rings. The maximum absolute atomic E-state index is 11.7. The molecule has 1 atom stereocenters. The van der Waals surface area contributed by atoms with Gasteiger partial charge in [-0.25, -0.2) is 0 Å². The summed E-state index contributed by atoms with van der Waals surface area (Å²) in [7, 11) is 0. The topological polar surface area (TPSA) is 36.1 Å². The van der Waals surface area contributed by atoms with E-state index in [0.29, 0.717) is 0 Å². The summed E-state index contributed by atoms with van der Waals surface area (Å²) < 4.78 is 0.747. The van der Waals surface area contributed by atoms with Crippen molar-refractivity contribution < 1.29 is 4.79 Å². The van der Waals surface area contributed by atoms with E-state index in [1.54, 1.807) is 6.92 Å². The van der Waals surface area contributed by atoms with Gasteiger partial charge in [-0.2, -0.15) is 0 Å². The van der Waals surface area contributed by atoms with E-state index < -0.39 is 0 Å². The molecular weight excluding hydrogens is 232 g/mol. The first-order valence-electron chi connectivity index (χ1n) is 6.06. The zero-order valence-electron chi connectivity index (χ0n) is 10.3. The van der Waals surface area contributed by atoms with Crippen molar-refractivity contribution in [3.63, 3.8) is 0 Å². The lowest BCUT2D eigenvalue weighted by Gasteiger charge is -2.36. The zero-order valence-corrected chi connectivity index (χ0v) is 11.1. The van der Waals surface area contributed by atoms with Crippen molar-refractivity contribution in [2.75, 3.05) is 6.54 Å². The van der Waals surface area contributed by atoms with Crippen LogP contribution in [0.1, 0.15) is 43.5 Å². The van der Waals surface area contributed by atoms with Crippen molar-refractivity contribution in [2.45, 2.75) is 39.2 Å². The highest BCUT2D eigenvalue weighted by Gasteiger charge is 2.26. The molecule has 3 nitrogen and oxygen atoms in total. The molecule has 2 heterocycles. The van der Waals surface area contributed by atoms with E-state index in [1.165, 1.54) is 12.0 Å². The maximum atomic E-state index is 11.7. The summed E-state index contributed by atoms with van der Waals surface area (Å²) >= 11 is 5.11. The van der Waals surface area contributed by atoms with Gasteiger partial charge in [-0.3, -0.25) is 4.79 Å². The highest BCUT2D eigenvalue weighted by atomic mass is 32.1. The highest BCUT2D eigenvalue weighted by Crippen LogP contribution is 2.31. The molecule has 1 fully saturated rings. The van der Waals surface area contributed by atoms with E-state index in [9.17, 15) is 4.79 Å². The van der Waals surface area contributed by atoms with E-state index in [0.717, 1.165) is 29.7 Å². The first-order chi connectivity index (χ1) is 8.09. The number of carbonyl (C=O) groups is 1. The number of aryl methyl sites for hydroxylation is 1. The molecule has 0 aliphatic carbocycles. The summed E-state index contributed by atoms with van der Waals surface area (Å²) in [6.45, 7) is 4.55. The molecule has 17 heavy (non-hydrogen) atoms. The third-order valence-electron chi connectivity index (χ3n) is 3.42. The van der Waals surface area contributed by atoms with Crippen LogP contribution < -0.4 is 0 Å². The Morgan fingerprint density at radius 2 is 2.24 bits per heavy atom. The number of carbonyl (C=O) groups excluding carboxylic acids is 1. The van der Waals surface area contributed by atoms with Crippen LogP contribution in [0.2, 0.25) is 0 Å². The number of aromatic amines is 1. The maximum Gasteiger partial charge on any atom is 0.219 e. The first-order valence-corrected chi connectivity index (χ1v) is 6.47. The number of aromatic nitrogens is 1. The number of pyridine rings is 1. The Bertz CT molecular complexity index is 481.